The number of aliphatic hydroxyl groups is 1. The molecule has 0 unspecified atom stereocenters. The highest BCUT2D eigenvalue weighted by atomic mass is 19.4. The van der Waals surface area contributed by atoms with Gasteiger partial charge in [-0.1, -0.05) is 20.9 Å². The summed E-state index contributed by atoms with van der Waals surface area (Å²) in [7, 11) is 0. The molecule has 0 heterocycles. The molecule has 0 rings (SSSR count). The molecule has 0 aromatic rings. The fraction of sp³-hybridized carbons (Fsp3) is 0.875. The summed E-state index contributed by atoms with van der Waals surface area (Å²) >= 11 is 0. The van der Waals surface area contributed by atoms with Crippen molar-refractivity contribution in [2.24, 2.45) is 10.8 Å². The van der Waals surface area contributed by atoms with Gasteiger partial charge in [-0.3, -0.25) is 0 Å². The second-order valence-corrected chi connectivity index (χ2v) is 5.98. The second-order valence-electron chi connectivity index (χ2n) is 5.98. The predicted molar refractivity (Wildman–Crippen MR) is 85.0 cm³/mol. The first-order valence-corrected chi connectivity index (χ1v) is 7.11. The lowest BCUT2D eigenvalue weighted by Crippen LogP contribution is -2.47. The monoisotopic (exact) mass is 462 g/mol. The minimum Gasteiger partial charge on any atom is -0.396 e. The summed E-state index contributed by atoms with van der Waals surface area (Å²) in [5.41, 5.74) is -7.43. The number of rotatable bonds is 5. The number of allylic oxidation sites excluding steroid dienone is 1. The standard InChI is InChI=1S/C7H10F6O.C7H8F6.2CH4/c1-5(3-2-4-14,6(8,9)10)7(11,12)13;1-3-4-5(2,6(8,9)10)7(11,12)13;;/h14H,2-4H2,1H3;3H,1,4H2,2H3;2*1H4. The molecule has 0 radical (unpaired) electrons. The summed E-state index contributed by atoms with van der Waals surface area (Å²) in [4.78, 5) is 0. The fourth-order valence-electron chi connectivity index (χ4n) is 1.56. The first-order chi connectivity index (χ1) is 11.6. The van der Waals surface area contributed by atoms with E-state index in [1.807, 2.05) is 0 Å². The molecule has 0 saturated heterocycles. The van der Waals surface area contributed by atoms with E-state index in [0.717, 1.165) is 0 Å². The Morgan fingerprint density at radius 1 is 0.655 bits per heavy atom. The molecule has 0 aromatic heterocycles. The molecule has 13 heteroatoms. The van der Waals surface area contributed by atoms with Gasteiger partial charge in [-0.2, -0.15) is 52.7 Å². The number of hydrogen-bond acceptors (Lipinski definition) is 1. The summed E-state index contributed by atoms with van der Waals surface area (Å²) in [6.07, 6.45) is -23.5. The van der Waals surface area contributed by atoms with E-state index < -0.39 is 61.4 Å². The number of aliphatic hydroxyl groups excluding tert-OH is 1. The maximum absolute atomic E-state index is 12.1. The van der Waals surface area contributed by atoms with Gasteiger partial charge in [0.25, 0.3) is 0 Å². The van der Waals surface area contributed by atoms with Gasteiger partial charge in [-0.15, -0.1) is 6.58 Å². The highest BCUT2D eigenvalue weighted by molar-refractivity contribution is 4.94. The highest BCUT2D eigenvalue weighted by Gasteiger charge is 2.67. The number of halogens is 12. The summed E-state index contributed by atoms with van der Waals surface area (Å²) < 4.78 is 145. The summed E-state index contributed by atoms with van der Waals surface area (Å²) in [6, 6.07) is 0. The predicted octanol–water partition coefficient (Wildman–Crippen LogP) is 7.86. The fourth-order valence-corrected chi connectivity index (χ4v) is 1.56. The molecule has 0 atom stereocenters. The Hall–Kier alpha value is -1.14. The zero-order valence-electron chi connectivity index (χ0n) is 14.1. The zero-order valence-corrected chi connectivity index (χ0v) is 14.1. The van der Waals surface area contributed by atoms with Crippen LogP contribution in [0.15, 0.2) is 12.7 Å². The lowest BCUT2D eigenvalue weighted by Gasteiger charge is -2.33. The SMILES string of the molecule is C.C.C=CCC(C)(C(F)(F)F)C(F)(F)F.CC(CCCO)(C(F)(F)F)C(F)(F)F. The quantitative estimate of drug-likeness (QED) is 0.326. The Kier molecular flexibility index (Phi) is 13.8. The zero-order chi connectivity index (χ0) is 22.5. The molecule has 29 heavy (non-hydrogen) atoms. The van der Waals surface area contributed by atoms with Crippen molar-refractivity contribution in [1.29, 1.82) is 0 Å². The van der Waals surface area contributed by atoms with E-state index in [-0.39, 0.29) is 28.7 Å². The molecule has 0 amide bonds. The van der Waals surface area contributed by atoms with Gasteiger partial charge in [0.1, 0.15) is 0 Å². The van der Waals surface area contributed by atoms with Crippen molar-refractivity contribution in [2.75, 3.05) is 6.61 Å². The van der Waals surface area contributed by atoms with Crippen LogP contribution in [0.2, 0.25) is 0 Å². The largest absolute Gasteiger partial charge is 0.403 e. The topological polar surface area (TPSA) is 20.2 Å². The van der Waals surface area contributed by atoms with Crippen LogP contribution in [0.1, 0.15) is 48.0 Å². The van der Waals surface area contributed by atoms with E-state index >= 15 is 0 Å². The minimum absolute atomic E-state index is 0. The van der Waals surface area contributed by atoms with Crippen molar-refractivity contribution in [3.8, 4) is 0 Å². The molecule has 0 aliphatic rings. The van der Waals surface area contributed by atoms with Gasteiger partial charge in [0.2, 0.25) is 0 Å². The maximum atomic E-state index is 12.1. The van der Waals surface area contributed by atoms with Crippen molar-refractivity contribution < 1.29 is 57.8 Å². The van der Waals surface area contributed by atoms with Gasteiger partial charge >= 0.3 is 24.7 Å². The molecular weight excluding hydrogens is 436 g/mol. The van der Waals surface area contributed by atoms with Crippen molar-refractivity contribution in [3.05, 3.63) is 12.7 Å². The minimum atomic E-state index is -5.35. The highest BCUT2D eigenvalue weighted by Crippen LogP contribution is 2.53. The lowest BCUT2D eigenvalue weighted by atomic mass is 9.84. The third kappa shape index (κ3) is 8.63. The molecule has 0 aliphatic carbocycles. The normalized spacial score (nSPS) is 13.5. The van der Waals surface area contributed by atoms with Crippen LogP contribution in [-0.4, -0.2) is 36.4 Å². The molecule has 1 nitrogen and oxygen atoms in total. The first-order valence-electron chi connectivity index (χ1n) is 7.11. The maximum Gasteiger partial charge on any atom is 0.403 e. The van der Waals surface area contributed by atoms with E-state index in [1.165, 1.54) is 0 Å². The Morgan fingerprint density at radius 2 is 0.931 bits per heavy atom. The van der Waals surface area contributed by atoms with Crippen molar-refractivity contribution >= 4 is 0 Å². The van der Waals surface area contributed by atoms with Gasteiger partial charge in [-0.05, 0) is 33.1 Å². The van der Waals surface area contributed by atoms with Gasteiger partial charge < -0.3 is 5.11 Å². The van der Waals surface area contributed by atoms with Gasteiger partial charge in [-0.25, -0.2) is 0 Å². The summed E-state index contributed by atoms with van der Waals surface area (Å²) in [5.74, 6) is 0. The van der Waals surface area contributed by atoms with Crippen molar-refractivity contribution in [1.82, 2.24) is 0 Å². The van der Waals surface area contributed by atoms with Crippen molar-refractivity contribution in [3.63, 3.8) is 0 Å². The van der Waals surface area contributed by atoms with Crippen LogP contribution in [0.3, 0.4) is 0 Å². The van der Waals surface area contributed by atoms with Gasteiger partial charge in [0, 0.05) is 6.61 Å². The van der Waals surface area contributed by atoms with E-state index in [9.17, 15) is 52.7 Å². The van der Waals surface area contributed by atoms with E-state index in [1.54, 1.807) is 0 Å². The molecule has 0 aromatic carbocycles. The van der Waals surface area contributed by atoms with E-state index in [0.29, 0.717) is 6.08 Å². The molecule has 1 N–H and O–H groups in total. The summed E-state index contributed by atoms with van der Waals surface area (Å²) in [5, 5.41) is 8.23. The van der Waals surface area contributed by atoms with Gasteiger partial charge in [0.15, 0.2) is 10.8 Å². The summed E-state index contributed by atoms with van der Waals surface area (Å²) in [6.45, 7) is 2.40. The second kappa shape index (κ2) is 11.3. The van der Waals surface area contributed by atoms with Crippen LogP contribution < -0.4 is 0 Å². The number of alkyl halides is 12. The Morgan fingerprint density at radius 3 is 1.07 bits per heavy atom. The van der Waals surface area contributed by atoms with Crippen LogP contribution in [0.25, 0.3) is 0 Å². The van der Waals surface area contributed by atoms with E-state index in [2.05, 4.69) is 6.58 Å². The third-order valence-corrected chi connectivity index (χ3v) is 3.89. The third-order valence-electron chi connectivity index (χ3n) is 3.89. The van der Waals surface area contributed by atoms with Crippen LogP contribution in [-0.2, 0) is 0 Å². The molecule has 180 valence electrons. The smallest absolute Gasteiger partial charge is 0.396 e. The molecular formula is C16H26F12O. The Balaban J connectivity index is -0.000000202. The molecule has 0 aliphatic heterocycles. The molecule has 0 bridgehead atoms. The molecule has 0 spiro atoms. The van der Waals surface area contributed by atoms with E-state index in [4.69, 9.17) is 5.11 Å². The Labute approximate surface area is 161 Å². The average molecular weight is 462 g/mol. The molecule has 0 fully saturated rings. The van der Waals surface area contributed by atoms with Crippen molar-refractivity contribution in [2.45, 2.75) is 72.7 Å². The first kappa shape index (κ1) is 35.3. The average Bonchev–Trinajstić information content (AvgIpc) is 2.40. The molecule has 0 saturated carbocycles. The van der Waals surface area contributed by atoms with Gasteiger partial charge in [0.05, 0.1) is 0 Å². The van der Waals surface area contributed by atoms with Crippen LogP contribution in [0.5, 0.6) is 0 Å². The Bertz CT molecular complexity index is 428. The lowest BCUT2D eigenvalue weighted by molar-refractivity contribution is -0.337. The van der Waals surface area contributed by atoms with Crippen LogP contribution in [0, 0.1) is 10.8 Å². The number of hydrogen-bond donors (Lipinski definition) is 1. The van der Waals surface area contributed by atoms with Crippen LogP contribution in [0.4, 0.5) is 52.7 Å². The van der Waals surface area contributed by atoms with Crippen LogP contribution >= 0.6 is 0 Å².